The minimum atomic E-state index is -0.109. The fourth-order valence-corrected chi connectivity index (χ4v) is 2.06. The van der Waals surface area contributed by atoms with Gasteiger partial charge in [0.05, 0.1) is 18.1 Å². The number of nitrogens with zero attached hydrogens (tertiary/aromatic N) is 3. The second-order valence-electron chi connectivity index (χ2n) is 4.39. The standard InChI is InChI=1S/C14H13N5O/c15-18-13-7-10(5-6-16-13)9-19-14(20)12-4-2-1-3-11(12)8-17-19/h1-8H,9,15H2,(H,16,18). The molecule has 100 valence electrons. The van der Waals surface area contributed by atoms with E-state index in [2.05, 4.69) is 15.5 Å². The summed E-state index contributed by atoms with van der Waals surface area (Å²) in [6.45, 7) is 0.376. The van der Waals surface area contributed by atoms with Crippen LogP contribution in [0.3, 0.4) is 0 Å². The van der Waals surface area contributed by atoms with Gasteiger partial charge in [-0.25, -0.2) is 15.5 Å². The number of hydrogen-bond acceptors (Lipinski definition) is 5. The molecule has 0 amide bonds. The zero-order valence-electron chi connectivity index (χ0n) is 10.7. The van der Waals surface area contributed by atoms with Crippen LogP contribution in [0, 0.1) is 0 Å². The fraction of sp³-hybridized carbons (Fsp3) is 0.0714. The van der Waals surface area contributed by atoms with Gasteiger partial charge < -0.3 is 5.43 Å². The maximum atomic E-state index is 12.3. The van der Waals surface area contributed by atoms with Gasteiger partial charge in [0.25, 0.3) is 5.56 Å². The van der Waals surface area contributed by atoms with Gasteiger partial charge in [-0.1, -0.05) is 18.2 Å². The van der Waals surface area contributed by atoms with E-state index >= 15 is 0 Å². The number of pyridine rings is 1. The van der Waals surface area contributed by atoms with Crippen molar-refractivity contribution >= 4 is 16.6 Å². The summed E-state index contributed by atoms with van der Waals surface area (Å²) in [5, 5.41) is 5.69. The molecule has 1 aromatic carbocycles. The van der Waals surface area contributed by atoms with Crippen molar-refractivity contribution in [2.24, 2.45) is 5.84 Å². The predicted molar refractivity (Wildman–Crippen MR) is 77.2 cm³/mol. The summed E-state index contributed by atoms with van der Waals surface area (Å²) in [5.41, 5.74) is 3.27. The molecule has 6 nitrogen and oxygen atoms in total. The first-order chi connectivity index (χ1) is 9.78. The number of anilines is 1. The van der Waals surface area contributed by atoms with E-state index < -0.39 is 0 Å². The van der Waals surface area contributed by atoms with Crippen LogP contribution in [-0.4, -0.2) is 14.8 Å². The third-order valence-electron chi connectivity index (χ3n) is 3.07. The molecule has 6 heteroatoms. The number of fused-ring (bicyclic) bond motifs is 1. The van der Waals surface area contributed by atoms with Crippen molar-refractivity contribution in [3.63, 3.8) is 0 Å². The molecule has 0 bridgehead atoms. The van der Waals surface area contributed by atoms with Crippen LogP contribution in [-0.2, 0) is 6.54 Å². The highest BCUT2D eigenvalue weighted by Gasteiger charge is 2.04. The number of hydrogen-bond donors (Lipinski definition) is 2. The van der Waals surface area contributed by atoms with E-state index in [4.69, 9.17) is 5.84 Å². The van der Waals surface area contributed by atoms with Gasteiger partial charge in [0.15, 0.2) is 0 Å². The summed E-state index contributed by atoms with van der Waals surface area (Å²) >= 11 is 0. The van der Waals surface area contributed by atoms with Crippen LogP contribution in [0.1, 0.15) is 5.56 Å². The van der Waals surface area contributed by atoms with Gasteiger partial charge in [0.2, 0.25) is 0 Å². The van der Waals surface area contributed by atoms with Gasteiger partial charge in [-0.05, 0) is 23.8 Å². The molecule has 0 saturated heterocycles. The number of nitrogens with two attached hydrogens (primary N) is 1. The Bertz CT molecular complexity index is 812. The molecule has 3 N–H and O–H groups in total. The number of rotatable bonds is 3. The normalized spacial score (nSPS) is 10.7. The second-order valence-corrected chi connectivity index (χ2v) is 4.39. The van der Waals surface area contributed by atoms with Crippen LogP contribution in [0.2, 0.25) is 0 Å². The van der Waals surface area contributed by atoms with Crippen LogP contribution in [0.15, 0.2) is 53.6 Å². The highest BCUT2D eigenvalue weighted by molar-refractivity contribution is 5.80. The van der Waals surface area contributed by atoms with Gasteiger partial charge in [-0.3, -0.25) is 4.79 Å². The summed E-state index contributed by atoms with van der Waals surface area (Å²) in [7, 11) is 0. The molecule has 20 heavy (non-hydrogen) atoms. The molecule has 0 atom stereocenters. The minimum absolute atomic E-state index is 0.109. The van der Waals surface area contributed by atoms with Crippen molar-refractivity contribution in [3.8, 4) is 0 Å². The van der Waals surface area contributed by atoms with E-state index in [-0.39, 0.29) is 5.56 Å². The third kappa shape index (κ3) is 2.24. The van der Waals surface area contributed by atoms with E-state index in [9.17, 15) is 4.79 Å². The topological polar surface area (TPSA) is 85.8 Å². The molecule has 0 unspecified atom stereocenters. The number of nitrogens with one attached hydrogen (secondary N) is 1. The maximum Gasteiger partial charge on any atom is 0.274 e. The van der Waals surface area contributed by atoms with Crippen molar-refractivity contribution in [2.45, 2.75) is 6.54 Å². The van der Waals surface area contributed by atoms with Gasteiger partial charge in [-0.15, -0.1) is 0 Å². The highest BCUT2D eigenvalue weighted by atomic mass is 16.1. The van der Waals surface area contributed by atoms with E-state index in [1.54, 1.807) is 24.5 Å². The molecule has 2 aromatic heterocycles. The highest BCUT2D eigenvalue weighted by Crippen LogP contribution is 2.09. The van der Waals surface area contributed by atoms with Crippen molar-refractivity contribution in [1.29, 1.82) is 0 Å². The lowest BCUT2D eigenvalue weighted by Gasteiger charge is -2.07. The van der Waals surface area contributed by atoms with Crippen molar-refractivity contribution in [2.75, 3.05) is 5.43 Å². The zero-order chi connectivity index (χ0) is 13.9. The summed E-state index contributed by atoms with van der Waals surface area (Å²) in [6, 6.07) is 11.0. The van der Waals surface area contributed by atoms with Gasteiger partial charge >= 0.3 is 0 Å². The summed E-state index contributed by atoms with van der Waals surface area (Å²) in [6.07, 6.45) is 3.33. The first kappa shape index (κ1) is 12.3. The SMILES string of the molecule is NNc1cc(Cn2ncc3ccccc3c2=O)ccn1. The van der Waals surface area contributed by atoms with Crippen molar-refractivity contribution in [3.05, 3.63) is 64.7 Å². The molecule has 0 aliphatic rings. The van der Waals surface area contributed by atoms with E-state index in [0.29, 0.717) is 17.7 Å². The summed E-state index contributed by atoms with van der Waals surface area (Å²) < 4.78 is 1.43. The molecular formula is C14H13N5O. The molecular weight excluding hydrogens is 254 g/mol. The quantitative estimate of drug-likeness (QED) is 0.548. The molecule has 0 fully saturated rings. The summed E-state index contributed by atoms with van der Waals surface area (Å²) in [4.78, 5) is 16.4. The van der Waals surface area contributed by atoms with Crippen molar-refractivity contribution < 1.29 is 0 Å². The van der Waals surface area contributed by atoms with E-state index in [1.807, 2.05) is 24.3 Å². The van der Waals surface area contributed by atoms with E-state index in [1.165, 1.54) is 4.68 Å². The zero-order valence-corrected chi connectivity index (χ0v) is 10.7. The number of hydrazine groups is 1. The predicted octanol–water partition coefficient (Wildman–Crippen LogP) is 1.13. The lowest BCUT2D eigenvalue weighted by molar-refractivity contribution is 0.647. The average molecular weight is 267 g/mol. The molecule has 2 heterocycles. The van der Waals surface area contributed by atoms with E-state index in [0.717, 1.165) is 10.9 Å². The van der Waals surface area contributed by atoms with Gasteiger partial charge in [-0.2, -0.15) is 5.10 Å². The Hall–Kier alpha value is -2.73. The Morgan fingerprint density at radius 2 is 2.10 bits per heavy atom. The Morgan fingerprint density at radius 3 is 2.95 bits per heavy atom. The number of nitrogen functional groups attached to an aromatic ring is 1. The molecule has 0 spiro atoms. The maximum absolute atomic E-state index is 12.3. The second kappa shape index (κ2) is 5.10. The Labute approximate surface area is 114 Å². The van der Waals surface area contributed by atoms with Crippen LogP contribution in [0.25, 0.3) is 10.8 Å². The molecule has 0 radical (unpaired) electrons. The lowest BCUT2D eigenvalue weighted by atomic mass is 10.2. The Morgan fingerprint density at radius 1 is 1.25 bits per heavy atom. The van der Waals surface area contributed by atoms with Crippen LogP contribution >= 0.6 is 0 Å². The average Bonchev–Trinajstić information content (AvgIpc) is 2.50. The molecule has 0 aliphatic carbocycles. The van der Waals surface area contributed by atoms with Crippen LogP contribution < -0.4 is 16.8 Å². The Kier molecular flexibility index (Phi) is 3.14. The third-order valence-corrected chi connectivity index (χ3v) is 3.07. The first-order valence-corrected chi connectivity index (χ1v) is 6.14. The van der Waals surface area contributed by atoms with Crippen LogP contribution in [0.5, 0.6) is 0 Å². The molecule has 3 rings (SSSR count). The lowest BCUT2D eigenvalue weighted by Crippen LogP contribution is -2.23. The Balaban J connectivity index is 2.02. The molecule has 0 aliphatic heterocycles. The smallest absolute Gasteiger partial charge is 0.274 e. The van der Waals surface area contributed by atoms with Crippen LogP contribution in [0.4, 0.5) is 5.82 Å². The fourth-order valence-electron chi connectivity index (χ4n) is 2.06. The van der Waals surface area contributed by atoms with Gasteiger partial charge in [0, 0.05) is 11.6 Å². The van der Waals surface area contributed by atoms with Crippen molar-refractivity contribution in [1.82, 2.24) is 14.8 Å². The molecule has 0 saturated carbocycles. The number of aromatic nitrogens is 3. The van der Waals surface area contributed by atoms with Gasteiger partial charge in [0.1, 0.15) is 5.82 Å². The largest absolute Gasteiger partial charge is 0.308 e. The first-order valence-electron chi connectivity index (χ1n) is 6.14. The summed E-state index contributed by atoms with van der Waals surface area (Å²) in [5.74, 6) is 5.87. The number of benzene rings is 1. The monoisotopic (exact) mass is 267 g/mol. The molecule has 3 aromatic rings. The minimum Gasteiger partial charge on any atom is -0.308 e.